The lowest BCUT2D eigenvalue weighted by molar-refractivity contribution is -0.135. The van der Waals surface area contributed by atoms with Gasteiger partial charge in [0.2, 0.25) is 0 Å². The second kappa shape index (κ2) is 7.94. The van der Waals surface area contributed by atoms with Gasteiger partial charge in [-0.2, -0.15) is 0 Å². The zero-order valence-corrected chi connectivity index (χ0v) is 17.6. The van der Waals surface area contributed by atoms with E-state index in [2.05, 4.69) is 36.8 Å². The number of carbonyl (C=O) groups is 1. The minimum Gasteiger partial charge on any atom is -0.483 e. The summed E-state index contributed by atoms with van der Waals surface area (Å²) in [7, 11) is -2.87. The molecule has 1 aromatic rings. The van der Waals surface area contributed by atoms with Gasteiger partial charge in [-0.1, -0.05) is 15.9 Å². The summed E-state index contributed by atoms with van der Waals surface area (Å²) in [5, 5.41) is 0. The van der Waals surface area contributed by atoms with Gasteiger partial charge in [0.25, 0.3) is 5.91 Å². The topological polar surface area (TPSA) is 66.9 Å². The van der Waals surface area contributed by atoms with Crippen LogP contribution in [0.3, 0.4) is 0 Å². The predicted molar refractivity (Wildman–Crippen MR) is 103 cm³/mol. The summed E-state index contributed by atoms with van der Waals surface area (Å²) >= 11 is 6.79. The molecule has 9 heteroatoms. The van der Waals surface area contributed by atoms with Gasteiger partial charge < -0.3 is 9.64 Å². The molecule has 2 aliphatic heterocycles. The van der Waals surface area contributed by atoms with Crippen molar-refractivity contribution in [3.63, 3.8) is 0 Å². The maximum Gasteiger partial charge on any atom is 0.260 e. The zero-order chi connectivity index (χ0) is 18.0. The van der Waals surface area contributed by atoms with Crippen molar-refractivity contribution in [1.82, 2.24) is 9.80 Å². The van der Waals surface area contributed by atoms with E-state index < -0.39 is 9.84 Å². The maximum absolute atomic E-state index is 12.3. The highest BCUT2D eigenvalue weighted by molar-refractivity contribution is 9.11. The first-order valence-corrected chi connectivity index (χ1v) is 11.5. The van der Waals surface area contributed by atoms with Crippen LogP contribution in [0.5, 0.6) is 5.75 Å². The van der Waals surface area contributed by atoms with Gasteiger partial charge in [-0.25, -0.2) is 8.42 Å². The number of nitrogens with zero attached hydrogens (tertiary/aromatic N) is 2. The monoisotopic (exact) mass is 494 g/mol. The molecule has 1 atom stereocenters. The molecule has 0 spiro atoms. The van der Waals surface area contributed by atoms with Crippen molar-refractivity contribution >= 4 is 47.6 Å². The van der Waals surface area contributed by atoms with E-state index in [1.165, 1.54) is 0 Å². The number of hydrogen-bond donors (Lipinski definition) is 0. The number of ether oxygens (including phenoxy) is 1. The van der Waals surface area contributed by atoms with Gasteiger partial charge >= 0.3 is 0 Å². The van der Waals surface area contributed by atoms with E-state index in [1.807, 2.05) is 12.1 Å². The van der Waals surface area contributed by atoms with Crippen molar-refractivity contribution in [2.24, 2.45) is 0 Å². The number of halogens is 2. The lowest BCUT2D eigenvalue weighted by atomic mass is 10.2. The van der Waals surface area contributed by atoms with Crippen LogP contribution < -0.4 is 4.74 Å². The highest BCUT2D eigenvalue weighted by Crippen LogP contribution is 2.28. The van der Waals surface area contributed by atoms with E-state index in [-0.39, 0.29) is 30.1 Å². The summed E-state index contributed by atoms with van der Waals surface area (Å²) in [4.78, 5) is 16.3. The minimum absolute atomic E-state index is 0.00194. The van der Waals surface area contributed by atoms with Crippen LogP contribution in [0.4, 0.5) is 0 Å². The number of sulfone groups is 1. The number of piperazine rings is 1. The normalized spacial score (nSPS) is 23.6. The summed E-state index contributed by atoms with van der Waals surface area (Å²) < 4.78 is 30.6. The second-order valence-electron chi connectivity index (χ2n) is 6.34. The van der Waals surface area contributed by atoms with Crippen LogP contribution in [0.15, 0.2) is 27.1 Å². The molecule has 0 aromatic heterocycles. The molecule has 138 valence electrons. The first-order valence-electron chi connectivity index (χ1n) is 8.14. The van der Waals surface area contributed by atoms with Crippen molar-refractivity contribution in [3.8, 4) is 5.75 Å². The van der Waals surface area contributed by atoms with E-state index >= 15 is 0 Å². The van der Waals surface area contributed by atoms with E-state index in [9.17, 15) is 13.2 Å². The number of amides is 1. The summed E-state index contributed by atoms with van der Waals surface area (Å²) in [6, 6.07) is 5.64. The van der Waals surface area contributed by atoms with Gasteiger partial charge in [-0.15, -0.1) is 0 Å². The highest BCUT2D eigenvalue weighted by Gasteiger charge is 2.34. The highest BCUT2D eigenvalue weighted by atomic mass is 79.9. The van der Waals surface area contributed by atoms with Crippen LogP contribution in [-0.4, -0.2) is 74.5 Å². The zero-order valence-electron chi connectivity index (χ0n) is 13.7. The van der Waals surface area contributed by atoms with Crippen molar-refractivity contribution in [2.45, 2.75) is 12.5 Å². The molecule has 2 aliphatic rings. The molecule has 0 radical (unpaired) electrons. The SMILES string of the molecule is O=C(COc1ccc(Br)cc1Br)N1CCN(C2CCS(=O)(=O)C2)CC1. The quantitative estimate of drug-likeness (QED) is 0.638. The Balaban J connectivity index is 1.47. The van der Waals surface area contributed by atoms with Crippen LogP contribution in [0.2, 0.25) is 0 Å². The fourth-order valence-corrected chi connectivity index (χ4v) is 6.15. The Morgan fingerprint density at radius 2 is 1.92 bits per heavy atom. The standard InChI is InChI=1S/C16H20Br2N2O4S/c17-12-1-2-15(14(18)9-12)24-10-16(21)20-6-4-19(5-7-20)13-3-8-25(22,23)11-13/h1-2,9,13H,3-8,10-11H2. The molecule has 0 aliphatic carbocycles. The Hall–Kier alpha value is -0.640. The molecule has 3 rings (SSSR count). The Bertz CT molecular complexity index is 749. The van der Waals surface area contributed by atoms with Crippen LogP contribution >= 0.6 is 31.9 Å². The lowest BCUT2D eigenvalue weighted by Crippen LogP contribution is -2.53. The number of benzene rings is 1. The molecule has 25 heavy (non-hydrogen) atoms. The molecule has 0 bridgehead atoms. The van der Waals surface area contributed by atoms with E-state index in [4.69, 9.17) is 4.74 Å². The third-order valence-electron chi connectivity index (χ3n) is 4.64. The Kier molecular flexibility index (Phi) is 6.07. The van der Waals surface area contributed by atoms with E-state index in [0.29, 0.717) is 38.3 Å². The first kappa shape index (κ1) is 19.1. The van der Waals surface area contributed by atoms with Gasteiger partial charge in [-0.3, -0.25) is 9.69 Å². The van der Waals surface area contributed by atoms with Gasteiger partial charge in [0, 0.05) is 36.7 Å². The molecule has 1 aromatic carbocycles. The fraction of sp³-hybridized carbons (Fsp3) is 0.562. The third kappa shape index (κ3) is 4.96. The molecule has 2 fully saturated rings. The van der Waals surface area contributed by atoms with Crippen LogP contribution in [0, 0.1) is 0 Å². The van der Waals surface area contributed by atoms with Gasteiger partial charge in [-0.05, 0) is 40.5 Å². The largest absolute Gasteiger partial charge is 0.483 e. The summed E-state index contributed by atoms with van der Waals surface area (Å²) in [6.07, 6.45) is 0.705. The molecule has 6 nitrogen and oxygen atoms in total. The Morgan fingerprint density at radius 1 is 1.20 bits per heavy atom. The van der Waals surface area contributed by atoms with Gasteiger partial charge in [0.05, 0.1) is 16.0 Å². The van der Waals surface area contributed by atoms with Crippen LogP contribution in [0.25, 0.3) is 0 Å². The van der Waals surface area contributed by atoms with E-state index in [0.717, 1.165) is 8.95 Å². The summed E-state index contributed by atoms with van der Waals surface area (Å²) in [5.41, 5.74) is 0. The number of carbonyl (C=O) groups excluding carboxylic acids is 1. The summed E-state index contributed by atoms with van der Waals surface area (Å²) in [5.74, 6) is 1.12. The first-order chi connectivity index (χ1) is 11.8. The average molecular weight is 496 g/mol. The van der Waals surface area contributed by atoms with Crippen molar-refractivity contribution in [1.29, 1.82) is 0 Å². The van der Waals surface area contributed by atoms with Crippen molar-refractivity contribution in [3.05, 3.63) is 27.1 Å². The van der Waals surface area contributed by atoms with Crippen molar-refractivity contribution < 1.29 is 17.9 Å². The Labute approximate surface area is 164 Å². The predicted octanol–water partition coefficient (Wildman–Crippen LogP) is 1.92. The molecule has 2 saturated heterocycles. The van der Waals surface area contributed by atoms with Gasteiger partial charge in [0.1, 0.15) is 5.75 Å². The van der Waals surface area contributed by atoms with Crippen LogP contribution in [0.1, 0.15) is 6.42 Å². The lowest BCUT2D eigenvalue weighted by Gasteiger charge is -2.37. The molecule has 2 heterocycles. The number of hydrogen-bond acceptors (Lipinski definition) is 5. The summed E-state index contributed by atoms with van der Waals surface area (Å²) in [6.45, 7) is 2.65. The molecular formula is C16H20Br2N2O4S. The number of rotatable bonds is 4. The van der Waals surface area contributed by atoms with Gasteiger partial charge in [0.15, 0.2) is 16.4 Å². The molecule has 1 unspecified atom stereocenters. The van der Waals surface area contributed by atoms with E-state index in [1.54, 1.807) is 11.0 Å². The molecule has 1 amide bonds. The molecular weight excluding hydrogens is 476 g/mol. The molecule has 0 saturated carbocycles. The average Bonchev–Trinajstić information content (AvgIpc) is 2.94. The van der Waals surface area contributed by atoms with Crippen molar-refractivity contribution in [2.75, 3.05) is 44.3 Å². The smallest absolute Gasteiger partial charge is 0.260 e. The fourth-order valence-electron chi connectivity index (χ4n) is 3.22. The molecule has 0 N–H and O–H groups in total. The third-order valence-corrected chi connectivity index (χ3v) is 7.50. The Morgan fingerprint density at radius 3 is 2.52 bits per heavy atom. The minimum atomic E-state index is -2.87. The van der Waals surface area contributed by atoms with Crippen LogP contribution in [-0.2, 0) is 14.6 Å². The second-order valence-corrected chi connectivity index (χ2v) is 10.3. The maximum atomic E-state index is 12.3.